The van der Waals surface area contributed by atoms with E-state index in [0.29, 0.717) is 17.1 Å². The van der Waals surface area contributed by atoms with Crippen molar-refractivity contribution in [2.45, 2.75) is 25.3 Å². The molecule has 0 spiro atoms. The Morgan fingerprint density at radius 3 is 2.65 bits per heavy atom. The lowest BCUT2D eigenvalue weighted by Crippen LogP contribution is -2.40. The lowest BCUT2D eigenvalue weighted by molar-refractivity contribution is 0.0926. The molecule has 3 nitrogen and oxygen atoms in total. The van der Waals surface area contributed by atoms with Crippen molar-refractivity contribution in [3.63, 3.8) is 0 Å². The minimum Gasteiger partial charge on any atom is -0.350 e. The largest absolute Gasteiger partial charge is 0.350 e. The molecule has 5 heteroatoms. The molecule has 1 aromatic heterocycles. The van der Waals surface area contributed by atoms with Crippen LogP contribution in [0.2, 0.25) is 5.02 Å². The van der Waals surface area contributed by atoms with E-state index < -0.39 is 0 Å². The van der Waals surface area contributed by atoms with Crippen molar-refractivity contribution in [1.82, 2.24) is 10.2 Å². The Labute approximate surface area is 146 Å². The van der Waals surface area contributed by atoms with Gasteiger partial charge in [-0.05, 0) is 49.5 Å². The van der Waals surface area contributed by atoms with Gasteiger partial charge in [0.2, 0.25) is 0 Å². The van der Waals surface area contributed by atoms with Crippen LogP contribution in [-0.4, -0.2) is 30.4 Å². The molecule has 1 unspecified atom stereocenters. The van der Waals surface area contributed by atoms with Gasteiger partial charge in [0.05, 0.1) is 16.6 Å². The van der Waals surface area contributed by atoms with Gasteiger partial charge in [0, 0.05) is 11.4 Å². The summed E-state index contributed by atoms with van der Waals surface area (Å²) in [5.74, 6) is -0.103. The molecule has 122 valence electrons. The van der Waals surface area contributed by atoms with Crippen molar-refractivity contribution in [1.29, 1.82) is 0 Å². The molecule has 1 fully saturated rings. The average molecular weight is 349 g/mol. The number of likely N-dealkylation sites (tertiary alicyclic amines) is 1. The fourth-order valence-electron chi connectivity index (χ4n) is 3.05. The van der Waals surface area contributed by atoms with E-state index in [0.717, 1.165) is 13.1 Å². The van der Waals surface area contributed by atoms with Crippen molar-refractivity contribution in [2.24, 2.45) is 0 Å². The minimum atomic E-state index is -0.103. The Morgan fingerprint density at radius 1 is 1.17 bits per heavy atom. The summed E-state index contributed by atoms with van der Waals surface area (Å²) in [4.78, 5) is 16.2. The van der Waals surface area contributed by atoms with Gasteiger partial charge in [-0.15, -0.1) is 11.3 Å². The summed E-state index contributed by atoms with van der Waals surface area (Å²) in [6.45, 7) is 2.82. The first-order valence-corrected chi connectivity index (χ1v) is 9.31. The highest BCUT2D eigenvalue weighted by molar-refractivity contribution is 7.10. The van der Waals surface area contributed by atoms with E-state index in [9.17, 15) is 4.79 Å². The van der Waals surface area contributed by atoms with Gasteiger partial charge in [-0.1, -0.05) is 36.2 Å². The average Bonchev–Trinajstić information content (AvgIpc) is 3.10. The monoisotopic (exact) mass is 348 g/mol. The summed E-state index contributed by atoms with van der Waals surface area (Å²) in [6.07, 6.45) is 3.78. The van der Waals surface area contributed by atoms with Crippen LogP contribution in [0.5, 0.6) is 0 Å². The second-order valence-corrected chi connectivity index (χ2v) is 7.20. The number of carbonyl (C=O) groups excluding carboxylic acids is 1. The topological polar surface area (TPSA) is 32.3 Å². The van der Waals surface area contributed by atoms with Gasteiger partial charge in [0.25, 0.3) is 5.91 Å². The number of thiophene rings is 1. The molecule has 3 rings (SSSR count). The number of piperidine rings is 1. The zero-order valence-electron chi connectivity index (χ0n) is 13.0. The van der Waals surface area contributed by atoms with E-state index in [1.54, 1.807) is 23.5 Å². The van der Waals surface area contributed by atoms with Crippen LogP contribution >= 0.6 is 22.9 Å². The van der Waals surface area contributed by atoms with Gasteiger partial charge < -0.3 is 5.32 Å². The highest BCUT2D eigenvalue weighted by Gasteiger charge is 2.24. The Kier molecular flexibility index (Phi) is 5.70. The third-order valence-corrected chi connectivity index (χ3v) is 5.58. The number of hydrogen-bond acceptors (Lipinski definition) is 3. The number of nitrogens with zero attached hydrogens (tertiary/aromatic N) is 1. The van der Waals surface area contributed by atoms with Crippen LogP contribution in [0.15, 0.2) is 41.8 Å². The number of halogens is 1. The van der Waals surface area contributed by atoms with Crippen molar-refractivity contribution >= 4 is 28.8 Å². The quantitative estimate of drug-likeness (QED) is 0.870. The standard InChI is InChI=1S/C18H21ClN2OS/c19-15-8-3-2-7-14(15)18(22)20-13-16(17-9-6-12-23-17)21-10-4-1-5-11-21/h2-3,6-9,12,16H,1,4-5,10-11,13H2,(H,20,22). The van der Waals surface area contributed by atoms with Crippen molar-refractivity contribution in [3.05, 3.63) is 57.2 Å². The molecule has 0 radical (unpaired) electrons. The first kappa shape index (κ1) is 16.5. The van der Waals surface area contributed by atoms with Crippen LogP contribution in [0.3, 0.4) is 0 Å². The molecule has 2 heterocycles. The van der Waals surface area contributed by atoms with Crippen LogP contribution in [-0.2, 0) is 0 Å². The summed E-state index contributed by atoms with van der Waals surface area (Å²) in [5.41, 5.74) is 0.540. The Morgan fingerprint density at radius 2 is 1.96 bits per heavy atom. The summed E-state index contributed by atoms with van der Waals surface area (Å²) in [5, 5.41) is 5.66. The molecule has 0 aliphatic carbocycles. The SMILES string of the molecule is O=C(NCC(c1cccs1)N1CCCCC1)c1ccccc1Cl. The van der Waals surface area contributed by atoms with Gasteiger partial charge >= 0.3 is 0 Å². The number of carbonyl (C=O) groups is 1. The van der Waals surface area contributed by atoms with E-state index >= 15 is 0 Å². The number of rotatable bonds is 5. The zero-order valence-corrected chi connectivity index (χ0v) is 14.6. The molecule has 1 aliphatic rings. The molecule has 1 aliphatic heterocycles. The van der Waals surface area contributed by atoms with Crippen LogP contribution in [0.4, 0.5) is 0 Å². The summed E-state index contributed by atoms with van der Waals surface area (Å²) in [7, 11) is 0. The van der Waals surface area contributed by atoms with Crippen LogP contribution < -0.4 is 5.32 Å². The number of amides is 1. The maximum atomic E-state index is 12.4. The molecular weight excluding hydrogens is 328 g/mol. The van der Waals surface area contributed by atoms with Crippen LogP contribution in [0, 0.1) is 0 Å². The Balaban J connectivity index is 1.69. The Hall–Kier alpha value is -1.36. The van der Waals surface area contributed by atoms with Gasteiger partial charge in [0.15, 0.2) is 0 Å². The predicted octanol–water partition coefficient (Wildman–Crippen LogP) is 4.36. The predicted molar refractivity (Wildman–Crippen MR) is 96.3 cm³/mol. The van der Waals surface area contributed by atoms with Gasteiger partial charge in [-0.2, -0.15) is 0 Å². The molecule has 1 N–H and O–H groups in total. The van der Waals surface area contributed by atoms with E-state index in [4.69, 9.17) is 11.6 Å². The second kappa shape index (κ2) is 7.95. The third-order valence-electron chi connectivity index (χ3n) is 4.28. The van der Waals surface area contributed by atoms with Gasteiger partial charge in [-0.3, -0.25) is 9.69 Å². The highest BCUT2D eigenvalue weighted by atomic mass is 35.5. The Bertz CT molecular complexity index is 638. The number of hydrogen-bond donors (Lipinski definition) is 1. The number of nitrogens with one attached hydrogen (secondary N) is 1. The van der Waals surface area contributed by atoms with Crippen molar-refractivity contribution in [3.8, 4) is 0 Å². The molecule has 0 bridgehead atoms. The molecule has 1 amide bonds. The minimum absolute atomic E-state index is 0.103. The molecule has 1 atom stereocenters. The maximum absolute atomic E-state index is 12.4. The first-order chi connectivity index (χ1) is 11.3. The van der Waals surface area contributed by atoms with E-state index in [2.05, 4.69) is 27.7 Å². The highest BCUT2D eigenvalue weighted by Crippen LogP contribution is 2.27. The van der Waals surface area contributed by atoms with E-state index in [1.165, 1.54) is 24.1 Å². The number of benzene rings is 1. The zero-order chi connectivity index (χ0) is 16.1. The summed E-state index contributed by atoms with van der Waals surface area (Å²) in [6, 6.07) is 11.7. The van der Waals surface area contributed by atoms with Crippen molar-refractivity contribution in [2.75, 3.05) is 19.6 Å². The molecular formula is C18H21ClN2OS. The molecule has 2 aromatic rings. The van der Waals surface area contributed by atoms with E-state index in [1.807, 2.05) is 12.1 Å². The third kappa shape index (κ3) is 4.14. The van der Waals surface area contributed by atoms with Crippen molar-refractivity contribution < 1.29 is 4.79 Å². The molecule has 1 aromatic carbocycles. The second-order valence-electron chi connectivity index (χ2n) is 5.82. The smallest absolute Gasteiger partial charge is 0.252 e. The molecule has 23 heavy (non-hydrogen) atoms. The van der Waals surface area contributed by atoms with E-state index in [-0.39, 0.29) is 11.9 Å². The van der Waals surface area contributed by atoms with Gasteiger partial charge in [-0.25, -0.2) is 0 Å². The van der Waals surface area contributed by atoms with Gasteiger partial charge in [0.1, 0.15) is 0 Å². The van der Waals surface area contributed by atoms with Crippen LogP contribution in [0.25, 0.3) is 0 Å². The van der Waals surface area contributed by atoms with Crippen LogP contribution in [0.1, 0.15) is 40.5 Å². The molecule has 0 saturated carbocycles. The fourth-order valence-corrected chi connectivity index (χ4v) is 4.13. The maximum Gasteiger partial charge on any atom is 0.252 e. The normalized spacial score (nSPS) is 16.9. The molecule has 1 saturated heterocycles. The summed E-state index contributed by atoms with van der Waals surface area (Å²) >= 11 is 7.87. The first-order valence-electron chi connectivity index (χ1n) is 8.06. The fraction of sp³-hybridized carbons (Fsp3) is 0.389. The summed E-state index contributed by atoms with van der Waals surface area (Å²) < 4.78 is 0. The lowest BCUT2D eigenvalue weighted by atomic mass is 10.1. The lowest BCUT2D eigenvalue weighted by Gasteiger charge is -2.34.